The molecule has 4 N–H and O–H groups in total. The van der Waals surface area contributed by atoms with E-state index in [4.69, 9.17) is 42.6 Å². The topological polar surface area (TPSA) is 262 Å². The Hall–Kier alpha value is -3.10. The molecule has 2 aliphatic rings. The predicted molar refractivity (Wildman–Crippen MR) is 269 cm³/mol. The first kappa shape index (κ1) is 64.9. The molecule has 0 aliphatic carbocycles. The lowest BCUT2D eigenvalue weighted by molar-refractivity contribution is -0.139. The van der Waals surface area contributed by atoms with Crippen molar-refractivity contribution >= 4 is 134 Å². The SMILES string of the molecule is C[C@@H](CCCCNC(=O)COCCOCCNC(=O)CCN1C(=O)C=CC1=O)C(=O)P=S.C[C@@H](CCCCNC(=O)COCCOCCNC(=O)CCN1C(=O)C=CC1=O)C(=O)P=S.S=PP=S. The standard InChI is InChI=1S/2C20H30N3O7PS.P2S2/c2*1-15(20(28)31-32)4-2-3-8-21-17(25)14-30-13-12-29-11-9-22-16(24)7-10-23-18(26)5-6-19(23)27;3-1-2-4/h2*5-6,15H,2-4,7-14H2,1H3,(H,21,25)(H,22,24);/t2*15-;/m00./s1. The van der Waals surface area contributed by atoms with Gasteiger partial charge in [-0.05, 0) is 72.9 Å². The smallest absolute Gasteiger partial charge is 0.253 e. The maximum atomic E-state index is 11.7. The third kappa shape index (κ3) is 34.2. The van der Waals surface area contributed by atoms with Gasteiger partial charge in [-0.15, -0.1) is 0 Å². The Morgan fingerprint density at radius 2 is 0.809 bits per heavy atom. The molecule has 28 heteroatoms. The van der Waals surface area contributed by atoms with Crippen LogP contribution < -0.4 is 21.3 Å². The van der Waals surface area contributed by atoms with Crippen LogP contribution in [0.5, 0.6) is 0 Å². The molecule has 0 aromatic heterocycles. The van der Waals surface area contributed by atoms with Crippen molar-refractivity contribution in [2.75, 3.05) is 92.1 Å². The van der Waals surface area contributed by atoms with Crippen LogP contribution in [-0.4, -0.2) is 160 Å². The number of hydrogen-bond donors (Lipinski definition) is 4. The molecule has 0 bridgehead atoms. The van der Waals surface area contributed by atoms with Crippen molar-refractivity contribution in [2.24, 2.45) is 11.8 Å². The molecule has 8 amide bonds. The van der Waals surface area contributed by atoms with E-state index < -0.39 is 23.6 Å². The van der Waals surface area contributed by atoms with Gasteiger partial charge in [0.05, 0.1) is 54.4 Å². The van der Waals surface area contributed by atoms with Gasteiger partial charge in [0, 0.05) is 102 Å². The molecule has 2 aliphatic heterocycles. The monoisotopic (exact) mass is 1100 g/mol. The number of nitrogens with zero attached hydrogens (tertiary/aromatic N) is 2. The average Bonchev–Trinajstić information content (AvgIpc) is 3.83. The number of unbranched alkanes of at least 4 members (excludes halogenated alkanes) is 2. The van der Waals surface area contributed by atoms with E-state index in [0.29, 0.717) is 27.8 Å². The van der Waals surface area contributed by atoms with Crippen LogP contribution >= 0.6 is 28.8 Å². The Kier molecular flexibility index (Phi) is 40.8. The first-order chi connectivity index (χ1) is 32.6. The van der Waals surface area contributed by atoms with Crippen molar-refractivity contribution < 1.29 is 66.9 Å². The zero-order valence-electron chi connectivity index (χ0n) is 38.1. The van der Waals surface area contributed by atoms with E-state index >= 15 is 0 Å². The minimum atomic E-state index is -0.411. The molecule has 0 saturated heterocycles. The number of carbonyl (C=O) groups is 10. The molecular weight excluding hydrogens is 1040 g/mol. The average molecular weight is 1100 g/mol. The van der Waals surface area contributed by atoms with Crippen molar-refractivity contribution in [3.8, 4) is 0 Å². The van der Waals surface area contributed by atoms with E-state index in [1.807, 2.05) is 13.8 Å². The number of imide groups is 2. The van der Waals surface area contributed by atoms with Crippen LogP contribution in [0, 0.1) is 11.8 Å². The lowest BCUT2D eigenvalue weighted by Crippen LogP contribution is -2.35. The Morgan fingerprint density at radius 1 is 0.485 bits per heavy atom. The zero-order valence-corrected chi connectivity index (χ0v) is 44.9. The summed E-state index contributed by atoms with van der Waals surface area (Å²) in [5.41, 5.74) is 0.125. The van der Waals surface area contributed by atoms with Gasteiger partial charge in [0.2, 0.25) is 23.6 Å². The summed E-state index contributed by atoms with van der Waals surface area (Å²) in [6.45, 7) is 6.91. The summed E-state index contributed by atoms with van der Waals surface area (Å²) in [5, 5.41) is 10.8. The normalized spacial score (nSPS) is 13.8. The van der Waals surface area contributed by atoms with Gasteiger partial charge in [0.1, 0.15) is 13.2 Å². The van der Waals surface area contributed by atoms with E-state index in [1.54, 1.807) is 0 Å². The summed E-state index contributed by atoms with van der Waals surface area (Å²) < 4.78 is 21.1. The van der Waals surface area contributed by atoms with Crippen LogP contribution in [-0.2, 0) is 114 Å². The van der Waals surface area contributed by atoms with E-state index in [9.17, 15) is 47.9 Å². The van der Waals surface area contributed by atoms with Gasteiger partial charge in [0.15, 0.2) is 11.0 Å². The van der Waals surface area contributed by atoms with Gasteiger partial charge in [-0.25, -0.2) is 0 Å². The molecule has 2 atom stereocenters. The summed E-state index contributed by atoms with van der Waals surface area (Å²) in [6, 6.07) is 0. The second-order valence-corrected chi connectivity index (χ2v) is 21.0. The van der Waals surface area contributed by atoms with Crippen molar-refractivity contribution in [3.05, 3.63) is 24.3 Å². The van der Waals surface area contributed by atoms with Crippen molar-refractivity contribution in [1.82, 2.24) is 31.1 Å². The lowest BCUT2D eigenvalue weighted by Gasteiger charge is -2.13. The maximum absolute atomic E-state index is 11.7. The van der Waals surface area contributed by atoms with Crippen LogP contribution in [0.4, 0.5) is 0 Å². The number of nitrogens with one attached hydrogen (secondary N) is 4. The highest BCUT2D eigenvalue weighted by atomic mass is 32.7. The predicted octanol–water partition coefficient (Wildman–Crippen LogP) is 2.33. The second-order valence-electron chi connectivity index (χ2n) is 14.4. The lowest BCUT2D eigenvalue weighted by atomic mass is 10.1. The highest BCUT2D eigenvalue weighted by molar-refractivity contribution is 8.40. The Labute approximate surface area is 423 Å². The van der Waals surface area contributed by atoms with Gasteiger partial charge in [-0.1, -0.05) is 26.7 Å². The molecule has 20 nitrogen and oxygen atoms in total. The quantitative estimate of drug-likeness (QED) is 0.0395. The first-order valence-electron chi connectivity index (χ1n) is 21.5. The molecule has 2 heterocycles. The molecule has 2 rings (SSSR count). The molecule has 0 spiro atoms. The molecule has 0 aromatic carbocycles. The summed E-state index contributed by atoms with van der Waals surface area (Å²) in [5.74, 6) is -2.71. The van der Waals surface area contributed by atoms with Gasteiger partial charge in [0.25, 0.3) is 23.6 Å². The minimum Gasteiger partial charge on any atom is -0.377 e. The van der Waals surface area contributed by atoms with Gasteiger partial charge in [-0.2, -0.15) is 0 Å². The zero-order chi connectivity index (χ0) is 51.0. The number of amides is 8. The molecule has 0 saturated carbocycles. The highest BCUT2D eigenvalue weighted by Crippen LogP contribution is 2.15. The highest BCUT2D eigenvalue weighted by Gasteiger charge is 2.24. The molecule has 378 valence electrons. The molecular formula is C40H60N6O14P4S4. The van der Waals surface area contributed by atoms with Crippen molar-refractivity contribution in [2.45, 2.75) is 65.2 Å². The fourth-order valence-corrected chi connectivity index (χ4v) is 7.03. The number of rotatable bonds is 37. The summed E-state index contributed by atoms with van der Waals surface area (Å²) >= 11 is 18.2. The Balaban J connectivity index is 0.00000122. The van der Waals surface area contributed by atoms with E-state index in [2.05, 4.69) is 44.9 Å². The van der Waals surface area contributed by atoms with E-state index in [-0.39, 0.29) is 138 Å². The number of ether oxygens (including phenoxy) is 4. The van der Waals surface area contributed by atoms with E-state index in [1.165, 1.54) is 24.3 Å². The van der Waals surface area contributed by atoms with Crippen LogP contribution in [0.2, 0.25) is 0 Å². The summed E-state index contributed by atoms with van der Waals surface area (Å²) in [4.78, 5) is 117. The minimum absolute atomic E-state index is 0.0305. The van der Waals surface area contributed by atoms with Crippen LogP contribution in [0.3, 0.4) is 0 Å². The van der Waals surface area contributed by atoms with Gasteiger partial charge in [-0.3, -0.25) is 57.7 Å². The summed E-state index contributed by atoms with van der Waals surface area (Å²) in [7, 11) is 2.49. The second kappa shape index (κ2) is 42.8. The van der Waals surface area contributed by atoms with Crippen molar-refractivity contribution in [1.29, 1.82) is 0 Å². The first-order valence-corrected chi connectivity index (χ1v) is 29.8. The molecule has 0 aromatic rings. The maximum Gasteiger partial charge on any atom is 0.253 e. The van der Waals surface area contributed by atoms with Crippen molar-refractivity contribution in [3.63, 3.8) is 0 Å². The Morgan fingerprint density at radius 3 is 1.13 bits per heavy atom. The molecule has 0 radical (unpaired) electrons. The molecule has 68 heavy (non-hydrogen) atoms. The fourth-order valence-electron chi connectivity index (χ4n) is 5.34. The number of carbonyl (C=O) groups excluding carboxylic acids is 10. The third-order valence-corrected chi connectivity index (χ3v) is 14.1. The van der Waals surface area contributed by atoms with Crippen LogP contribution in [0.25, 0.3) is 0 Å². The fraction of sp³-hybridized carbons (Fsp3) is 0.650. The number of hydrogen-bond acceptors (Lipinski definition) is 18. The third-order valence-electron chi connectivity index (χ3n) is 9.10. The largest absolute Gasteiger partial charge is 0.377 e. The molecule has 0 fully saturated rings. The van der Waals surface area contributed by atoms with Crippen LogP contribution in [0.15, 0.2) is 24.3 Å². The van der Waals surface area contributed by atoms with Crippen LogP contribution in [0.1, 0.15) is 65.2 Å². The molecule has 0 unspecified atom stereocenters. The van der Waals surface area contributed by atoms with Gasteiger partial charge < -0.3 is 40.2 Å². The van der Waals surface area contributed by atoms with E-state index in [0.717, 1.165) is 62.4 Å². The van der Waals surface area contributed by atoms with Gasteiger partial charge >= 0.3 is 0 Å². The summed E-state index contributed by atoms with van der Waals surface area (Å²) in [6.07, 6.45) is 9.56. The Bertz CT molecular complexity index is 1620.